The number of carbonyl (C=O) groups excluding carboxylic acids is 2. The lowest BCUT2D eigenvalue weighted by Crippen LogP contribution is -2.34. The molecular weight excluding hydrogens is 520 g/mol. The number of nitrogens with one attached hydrogen (secondary N) is 2. The maximum absolute atomic E-state index is 13.4. The Kier molecular flexibility index (Phi) is 8.01. The molecule has 0 unspecified atom stereocenters. The van der Waals surface area contributed by atoms with E-state index in [1.165, 1.54) is 12.1 Å². The highest BCUT2D eigenvalue weighted by Gasteiger charge is 2.18. The first-order chi connectivity index (χ1) is 20.0. The molecule has 5 aromatic rings. The Morgan fingerprint density at radius 1 is 0.902 bits per heavy atom. The van der Waals surface area contributed by atoms with Crippen LogP contribution in [0.3, 0.4) is 0 Å². The molecule has 0 atom stereocenters. The van der Waals surface area contributed by atoms with Crippen LogP contribution in [0.4, 0.5) is 5.69 Å². The Morgan fingerprint density at radius 2 is 1.61 bits per heavy atom. The number of aromatic nitrogens is 3. The number of benzene rings is 3. The first kappa shape index (κ1) is 26.7. The Morgan fingerprint density at radius 3 is 2.27 bits per heavy atom. The van der Waals surface area contributed by atoms with Gasteiger partial charge in [0, 0.05) is 54.0 Å². The number of hydrogen-bond acceptors (Lipinski definition) is 6. The summed E-state index contributed by atoms with van der Waals surface area (Å²) < 4.78 is 1.65. The number of amides is 2. The summed E-state index contributed by atoms with van der Waals surface area (Å²) in [7, 11) is 0. The Labute approximate surface area is 235 Å². The van der Waals surface area contributed by atoms with Crippen LogP contribution >= 0.6 is 0 Å². The highest BCUT2D eigenvalue weighted by Crippen LogP contribution is 2.27. The third-order valence-corrected chi connectivity index (χ3v) is 6.12. The number of nitro benzene ring substituents is 1. The van der Waals surface area contributed by atoms with Gasteiger partial charge in [-0.25, -0.2) is 4.68 Å². The van der Waals surface area contributed by atoms with E-state index in [-0.39, 0.29) is 17.9 Å². The molecule has 0 aliphatic carbocycles. The lowest BCUT2D eigenvalue weighted by atomic mass is 10.1. The number of nitrogens with zero attached hydrogens (tertiary/aromatic N) is 4. The minimum absolute atomic E-state index is 0.00137. The molecule has 10 nitrogen and oxygen atoms in total. The number of carbonyl (C=O) groups is 2. The highest BCUT2D eigenvalue weighted by molar-refractivity contribution is 6.05. The smallest absolute Gasteiger partial charge is 0.269 e. The van der Waals surface area contributed by atoms with Crippen LogP contribution < -0.4 is 10.6 Å². The van der Waals surface area contributed by atoms with Crippen LogP contribution in [-0.4, -0.2) is 31.5 Å². The minimum atomic E-state index is -0.514. The molecule has 2 heterocycles. The van der Waals surface area contributed by atoms with Crippen molar-refractivity contribution in [3.05, 3.63) is 148 Å². The zero-order chi connectivity index (χ0) is 28.6. The van der Waals surface area contributed by atoms with Gasteiger partial charge in [0.15, 0.2) is 0 Å². The number of non-ortho nitro benzene ring substituents is 1. The Balaban J connectivity index is 1.56. The number of rotatable bonds is 9. The zero-order valence-electron chi connectivity index (χ0n) is 21.7. The molecule has 10 heteroatoms. The maximum Gasteiger partial charge on any atom is 0.269 e. The van der Waals surface area contributed by atoms with Crippen molar-refractivity contribution >= 4 is 23.6 Å². The third kappa shape index (κ3) is 6.58. The molecule has 0 bridgehead atoms. The average Bonchev–Trinajstić information content (AvgIpc) is 3.44. The van der Waals surface area contributed by atoms with Crippen LogP contribution in [0.5, 0.6) is 0 Å². The summed E-state index contributed by atoms with van der Waals surface area (Å²) in [6, 6.07) is 27.5. The number of pyridine rings is 1. The normalized spacial score (nSPS) is 11.1. The van der Waals surface area contributed by atoms with Gasteiger partial charge < -0.3 is 10.6 Å². The summed E-state index contributed by atoms with van der Waals surface area (Å²) in [4.78, 5) is 41.3. The molecule has 0 spiro atoms. The predicted octanol–water partition coefficient (Wildman–Crippen LogP) is 4.93. The van der Waals surface area contributed by atoms with Crippen LogP contribution in [0.2, 0.25) is 0 Å². The van der Waals surface area contributed by atoms with Crippen LogP contribution in [0.25, 0.3) is 23.0 Å². The summed E-state index contributed by atoms with van der Waals surface area (Å²) in [5, 5.41) is 21.5. The van der Waals surface area contributed by atoms with Gasteiger partial charge in [-0.3, -0.25) is 24.7 Å². The molecule has 0 saturated heterocycles. The molecule has 2 amide bonds. The molecule has 2 N–H and O–H groups in total. The first-order valence-corrected chi connectivity index (χ1v) is 12.6. The molecule has 0 radical (unpaired) electrons. The summed E-state index contributed by atoms with van der Waals surface area (Å²) in [6.07, 6.45) is 6.56. The van der Waals surface area contributed by atoms with Crippen LogP contribution in [-0.2, 0) is 11.3 Å². The van der Waals surface area contributed by atoms with Gasteiger partial charge in [0.05, 0.1) is 10.6 Å². The van der Waals surface area contributed by atoms with E-state index < -0.39 is 16.7 Å². The van der Waals surface area contributed by atoms with E-state index in [2.05, 4.69) is 15.6 Å². The molecule has 5 rings (SSSR count). The molecule has 0 fully saturated rings. The molecular formula is C31H24N6O4. The molecule has 0 saturated carbocycles. The van der Waals surface area contributed by atoms with Gasteiger partial charge in [0.1, 0.15) is 11.4 Å². The molecule has 0 aliphatic heterocycles. The molecule has 2 aromatic heterocycles. The van der Waals surface area contributed by atoms with Gasteiger partial charge in [0.25, 0.3) is 17.5 Å². The zero-order valence-corrected chi connectivity index (χ0v) is 21.7. The maximum atomic E-state index is 13.4. The number of nitro groups is 1. The van der Waals surface area contributed by atoms with Crippen molar-refractivity contribution in [3.63, 3.8) is 0 Å². The van der Waals surface area contributed by atoms with Crippen molar-refractivity contribution in [1.29, 1.82) is 0 Å². The van der Waals surface area contributed by atoms with Crippen molar-refractivity contribution in [2.45, 2.75) is 6.54 Å². The van der Waals surface area contributed by atoms with Crippen LogP contribution in [0.1, 0.15) is 21.5 Å². The fourth-order valence-electron chi connectivity index (χ4n) is 4.05. The molecule has 0 aliphatic rings. The van der Waals surface area contributed by atoms with Gasteiger partial charge in [-0.15, -0.1) is 0 Å². The lowest BCUT2D eigenvalue weighted by molar-refractivity contribution is -0.384. The van der Waals surface area contributed by atoms with Gasteiger partial charge in [0.2, 0.25) is 0 Å². The van der Waals surface area contributed by atoms with E-state index in [0.717, 1.165) is 11.3 Å². The summed E-state index contributed by atoms with van der Waals surface area (Å²) in [5.74, 6) is -0.971. The van der Waals surface area contributed by atoms with Gasteiger partial charge in [-0.2, -0.15) is 5.10 Å². The van der Waals surface area contributed by atoms with E-state index in [0.29, 0.717) is 22.4 Å². The molecule has 202 valence electrons. The second-order valence-electron chi connectivity index (χ2n) is 8.94. The fourth-order valence-corrected chi connectivity index (χ4v) is 4.05. The summed E-state index contributed by atoms with van der Waals surface area (Å²) >= 11 is 0. The predicted molar refractivity (Wildman–Crippen MR) is 154 cm³/mol. The van der Waals surface area contributed by atoms with Gasteiger partial charge >= 0.3 is 0 Å². The van der Waals surface area contributed by atoms with Crippen molar-refractivity contribution in [2.24, 2.45) is 0 Å². The summed E-state index contributed by atoms with van der Waals surface area (Å²) in [6.45, 7) is 0.198. The van der Waals surface area contributed by atoms with Gasteiger partial charge in [-0.05, 0) is 54.1 Å². The van der Waals surface area contributed by atoms with Crippen molar-refractivity contribution in [2.75, 3.05) is 0 Å². The highest BCUT2D eigenvalue weighted by atomic mass is 16.6. The second-order valence-corrected chi connectivity index (χ2v) is 8.94. The van der Waals surface area contributed by atoms with E-state index >= 15 is 0 Å². The minimum Gasteiger partial charge on any atom is -0.347 e. The Bertz CT molecular complexity index is 1700. The van der Waals surface area contributed by atoms with E-state index in [4.69, 9.17) is 5.10 Å². The largest absolute Gasteiger partial charge is 0.347 e. The second kappa shape index (κ2) is 12.3. The third-order valence-electron chi connectivity index (χ3n) is 6.12. The van der Waals surface area contributed by atoms with Crippen molar-refractivity contribution in [1.82, 2.24) is 25.4 Å². The summed E-state index contributed by atoms with van der Waals surface area (Å²) in [5.41, 5.74) is 3.47. The van der Waals surface area contributed by atoms with Crippen LogP contribution in [0.15, 0.2) is 121 Å². The van der Waals surface area contributed by atoms with Crippen molar-refractivity contribution in [3.8, 4) is 16.9 Å². The SMILES string of the molecule is O=C(NCc1cccnc1)C(=Cc1cn(-c2ccccc2)nc1-c1ccc([N+](=O)[O-])cc1)NC(=O)c1ccccc1. The number of hydrogen-bond donors (Lipinski definition) is 2. The average molecular weight is 545 g/mol. The monoisotopic (exact) mass is 544 g/mol. The molecule has 3 aromatic carbocycles. The standard InChI is InChI=1S/C31H24N6O4/c38-30(24-9-3-1-4-10-24)34-28(31(39)33-20-22-8-7-17-32-19-22)18-25-21-36(26-11-5-2-6-12-26)35-29(25)23-13-15-27(16-14-23)37(40)41/h1-19,21H,20H2,(H,33,39)(H,34,38). The van der Waals surface area contributed by atoms with Gasteiger partial charge in [-0.1, -0.05) is 42.5 Å². The van der Waals surface area contributed by atoms with E-state index in [1.807, 2.05) is 36.4 Å². The lowest BCUT2D eigenvalue weighted by Gasteiger charge is -2.11. The van der Waals surface area contributed by atoms with E-state index in [9.17, 15) is 19.7 Å². The van der Waals surface area contributed by atoms with E-state index in [1.54, 1.807) is 77.9 Å². The number of para-hydroxylation sites is 1. The fraction of sp³-hybridized carbons (Fsp3) is 0.0323. The Hall–Kier alpha value is -5.90. The topological polar surface area (TPSA) is 132 Å². The van der Waals surface area contributed by atoms with Crippen molar-refractivity contribution < 1.29 is 14.5 Å². The van der Waals surface area contributed by atoms with Crippen LogP contribution in [0, 0.1) is 10.1 Å². The quantitative estimate of drug-likeness (QED) is 0.154. The molecule has 41 heavy (non-hydrogen) atoms. The first-order valence-electron chi connectivity index (χ1n) is 12.6.